The smallest absolute Gasteiger partial charge is 0.346 e. The highest BCUT2D eigenvalue weighted by atomic mass is 19.4. The van der Waals surface area contributed by atoms with Gasteiger partial charge in [0.05, 0.1) is 5.56 Å². The molecule has 0 bridgehead atoms. The van der Waals surface area contributed by atoms with Gasteiger partial charge in [-0.15, -0.1) is 5.10 Å². The number of nitrogens with one attached hydrogen (secondary N) is 3. The highest BCUT2D eigenvalue weighted by Gasteiger charge is 2.34. The van der Waals surface area contributed by atoms with Gasteiger partial charge in [-0.1, -0.05) is 24.0 Å². The second-order valence-electron chi connectivity index (χ2n) is 10.3. The summed E-state index contributed by atoms with van der Waals surface area (Å²) in [4.78, 5) is 21.0. The Hall–Kier alpha value is -4.60. The van der Waals surface area contributed by atoms with Crippen LogP contribution in [-0.4, -0.2) is 65.8 Å². The van der Waals surface area contributed by atoms with Gasteiger partial charge in [0, 0.05) is 75.5 Å². The molecule has 0 spiro atoms. The predicted octanol–water partition coefficient (Wildman–Crippen LogP) is 4.57. The van der Waals surface area contributed by atoms with E-state index in [9.17, 15) is 18.0 Å². The number of aromatic nitrogens is 3. The van der Waals surface area contributed by atoms with E-state index in [2.05, 4.69) is 37.9 Å². The van der Waals surface area contributed by atoms with E-state index in [1.807, 2.05) is 49.0 Å². The Morgan fingerprint density at radius 2 is 1.74 bits per heavy atom. The Morgan fingerprint density at radius 3 is 2.45 bits per heavy atom. The zero-order valence-corrected chi connectivity index (χ0v) is 23.5. The van der Waals surface area contributed by atoms with E-state index in [0.717, 1.165) is 30.3 Å². The van der Waals surface area contributed by atoms with Crippen LogP contribution in [0.4, 0.5) is 35.3 Å². The first kappa shape index (κ1) is 28.9. The van der Waals surface area contributed by atoms with Crippen LogP contribution in [0.5, 0.6) is 0 Å². The van der Waals surface area contributed by atoms with Crippen LogP contribution >= 0.6 is 0 Å². The number of benzene rings is 2. The number of hydrogen-bond donors (Lipinski definition) is 3. The standard InChI is InChI=1S/C30H31F3N8O/c1-20-4-8-24(17-22(20)6-5-21-10-13-41-27(16-21)37-28(38-41)39(2)3)35-29(42)36-25-9-7-23(26(18-25)30(31,32)33)19-40-14-11-34-12-15-40/h4,7-10,13,16-18,34H,11-12,14-15,19H2,1-3H3,(H2,35,36,42). The van der Waals surface area contributed by atoms with Crippen LogP contribution in [0.3, 0.4) is 0 Å². The summed E-state index contributed by atoms with van der Waals surface area (Å²) in [6.07, 6.45) is -2.76. The van der Waals surface area contributed by atoms with Gasteiger partial charge in [-0.25, -0.2) is 9.31 Å². The highest BCUT2D eigenvalue weighted by Crippen LogP contribution is 2.34. The van der Waals surface area contributed by atoms with Crippen molar-refractivity contribution in [2.75, 3.05) is 55.8 Å². The number of halogens is 3. The van der Waals surface area contributed by atoms with Crippen molar-refractivity contribution in [2.24, 2.45) is 0 Å². The third-order valence-electron chi connectivity index (χ3n) is 6.84. The first-order valence-corrected chi connectivity index (χ1v) is 13.4. The van der Waals surface area contributed by atoms with Crippen molar-refractivity contribution in [1.29, 1.82) is 0 Å². The number of pyridine rings is 1. The molecule has 4 aromatic rings. The lowest BCUT2D eigenvalue weighted by atomic mass is 10.0. The molecule has 12 heteroatoms. The average Bonchev–Trinajstić information content (AvgIpc) is 3.38. The summed E-state index contributed by atoms with van der Waals surface area (Å²) in [6, 6.07) is 12.2. The molecule has 218 valence electrons. The normalized spacial score (nSPS) is 13.9. The molecule has 1 aliphatic heterocycles. The number of piperazine rings is 1. The Bertz CT molecular complexity index is 1660. The molecule has 0 radical (unpaired) electrons. The van der Waals surface area contributed by atoms with Gasteiger partial charge < -0.3 is 20.9 Å². The molecule has 3 N–H and O–H groups in total. The largest absolute Gasteiger partial charge is 0.416 e. The van der Waals surface area contributed by atoms with Crippen LogP contribution in [-0.2, 0) is 12.7 Å². The molecule has 3 heterocycles. The number of urea groups is 1. The third-order valence-corrected chi connectivity index (χ3v) is 6.84. The molecule has 42 heavy (non-hydrogen) atoms. The fourth-order valence-electron chi connectivity index (χ4n) is 4.57. The molecule has 0 saturated carbocycles. The van der Waals surface area contributed by atoms with E-state index >= 15 is 0 Å². The van der Waals surface area contributed by atoms with Gasteiger partial charge in [-0.2, -0.15) is 18.2 Å². The fourth-order valence-corrected chi connectivity index (χ4v) is 4.57. The van der Waals surface area contributed by atoms with Crippen molar-refractivity contribution in [2.45, 2.75) is 19.6 Å². The second kappa shape index (κ2) is 12.1. The number of amides is 2. The number of hydrogen-bond acceptors (Lipinski definition) is 6. The minimum absolute atomic E-state index is 0.0531. The van der Waals surface area contributed by atoms with Crippen LogP contribution in [0, 0.1) is 18.8 Å². The first-order valence-electron chi connectivity index (χ1n) is 13.4. The molecule has 1 fully saturated rings. The number of rotatable bonds is 5. The van der Waals surface area contributed by atoms with Crippen LogP contribution in [0.15, 0.2) is 54.7 Å². The molecule has 1 saturated heterocycles. The molecule has 0 atom stereocenters. The first-order chi connectivity index (χ1) is 20.0. The average molecular weight is 577 g/mol. The predicted molar refractivity (Wildman–Crippen MR) is 157 cm³/mol. The number of carbonyl (C=O) groups is 1. The molecule has 9 nitrogen and oxygen atoms in total. The molecule has 2 aromatic heterocycles. The minimum Gasteiger partial charge on any atom is -0.346 e. The van der Waals surface area contributed by atoms with Crippen LogP contribution in [0.25, 0.3) is 5.65 Å². The van der Waals surface area contributed by atoms with E-state index in [1.54, 1.807) is 22.8 Å². The summed E-state index contributed by atoms with van der Waals surface area (Å²) in [5.74, 6) is 6.84. The van der Waals surface area contributed by atoms with Gasteiger partial charge in [-0.3, -0.25) is 4.90 Å². The van der Waals surface area contributed by atoms with E-state index in [-0.39, 0.29) is 17.8 Å². The van der Waals surface area contributed by atoms with Crippen LogP contribution < -0.4 is 20.9 Å². The maximum atomic E-state index is 13.9. The van der Waals surface area contributed by atoms with Gasteiger partial charge >= 0.3 is 12.2 Å². The van der Waals surface area contributed by atoms with E-state index in [1.165, 1.54) is 12.1 Å². The SMILES string of the molecule is Cc1ccc(NC(=O)Nc2ccc(CN3CCNCC3)c(C(F)(F)F)c2)cc1C#Cc1ccn2nc(N(C)C)nc2c1. The van der Waals surface area contributed by atoms with Crippen molar-refractivity contribution < 1.29 is 18.0 Å². The topological polar surface area (TPSA) is 89.8 Å². The Labute approximate surface area is 241 Å². The van der Waals surface area contributed by atoms with Crippen molar-refractivity contribution in [3.63, 3.8) is 0 Å². The molecule has 2 aromatic carbocycles. The monoisotopic (exact) mass is 576 g/mol. The maximum Gasteiger partial charge on any atom is 0.416 e. The summed E-state index contributed by atoms with van der Waals surface area (Å²) < 4.78 is 43.3. The molecule has 1 aliphatic rings. The summed E-state index contributed by atoms with van der Waals surface area (Å²) >= 11 is 0. The molecule has 2 amide bonds. The van der Waals surface area contributed by atoms with Gasteiger partial charge in [0.2, 0.25) is 5.95 Å². The van der Waals surface area contributed by atoms with Crippen molar-refractivity contribution in [3.05, 3.63) is 82.5 Å². The summed E-state index contributed by atoms with van der Waals surface area (Å²) in [7, 11) is 3.73. The number of aryl methyl sites for hydroxylation is 1. The number of nitrogens with zero attached hydrogens (tertiary/aromatic N) is 5. The minimum atomic E-state index is -4.55. The van der Waals surface area contributed by atoms with Gasteiger partial charge in [0.15, 0.2) is 5.65 Å². The molecule has 0 aliphatic carbocycles. The highest BCUT2D eigenvalue weighted by molar-refractivity contribution is 6.00. The van der Waals surface area contributed by atoms with Crippen molar-refractivity contribution in [3.8, 4) is 11.8 Å². The van der Waals surface area contributed by atoms with E-state index in [0.29, 0.717) is 35.9 Å². The number of anilines is 3. The molecule has 0 unspecified atom stereocenters. The zero-order valence-electron chi connectivity index (χ0n) is 23.5. The molecular formula is C30H31F3N8O. The van der Waals surface area contributed by atoms with Crippen molar-refractivity contribution >= 4 is 29.0 Å². The lowest BCUT2D eigenvalue weighted by molar-refractivity contribution is -0.138. The quantitative estimate of drug-likeness (QED) is 0.302. The summed E-state index contributed by atoms with van der Waals surface area (Å²) in [5.41, 5.74) is 2.94. The number of carbonyl (C=O) groups excluding carboxylic acids is 1. The van der Waals surface area contributed by atoms with E-state index < -0.39 is 17.8 Å². The number of alkyl halides is 3. The number of fused-ring (bicyclic) bond motifs is 1. The molecular weight excluding hydrogens is 545 g/mol. The van der Waals surface area contributed by atoms with Crippen LogP contribution in [0.2, 0.25) is 0 Å². The lowest BCUT2D eigenvalue weighted by Crippen LogP contribution is -2.43. The summed E-state index contributed by atoms with van der Waals surface area (Å²) in [5, 5.41) is 12.8. The molecule has 5 rings (SSSR count). The third kappa shape index (κ3) is 6.99. The fraction of sp³-hybridized carbons (Fsp3) is 0.300. The van der Waals surface area contributed by atoms with Gasteiger partial charge in [0.1, 0.15) is 0 Å². The Morgan fingerprint density at radius 1 is 1.02 bits per heavy atom. The van der Waals surface area contributed by atoms with Gasteiger partial charge in [0.25, 0.3) is 0 Å². The Balaban J connectivity index is 1.28. The maximum absolute atomic E-state index is 13.9. The Kier molecular flexibility index (Phi) is 8.33. The zero-order chi connectivity index (χ0) is 29.9. The second-order valence-corrected chi connectivity index (χ2v) is 10.3. The summed E-state index contributed by atoms with van der Waals surface area (Å²) in [6.45, 7) is 4.93. The van der Waals surface area contributed by atoms with Crippen molar-refractivity contribution in [1.82, 2.24) is 24.8 Å². The lowest BCUT2D eigenvalue weighted by Gasteiger charge is -2.28. The van der Waals surface area contributed by atoms with Crippen LogP contribution in [0.1, 0.15) is 27.8 Å². The van der Waals surface area contributed by atoms with Gasteiger partial charge in [-0.05, 0) is 54.4 Å². The van der Waals surface area contributed by atoms with E-state index in [4.69, 9.17) is 0 Å².